The molecule has 4 rings (SSSR count). The smallest absolute Gasteiger partial charge is 0.307 e. The van der Waals surface area contributed by atoms with Crippen LogP contribution in [0.15, 0.2) is 11.6 Å². The van der Waals surface area contributed by atoms with E-state index in [1.807, 2.05) is 0 Å². The molecule has 8 heteroatoms. The van der Waals surface area contributed by atoms with Crippen molar-refractivity contribution in [2.24, 2.45) is 17.8 Å². The molecule has 0 aromatic heterocycles. The molecule has 2 amide bonds. The Hall–Kier alpha value is -2.06. The molecule has 25 heavy (non-hydrogen) atoms. The highest BCUT2D eigenvalue weighted by molar-refractivity contribution is 6.09. The van der Waals surface area contributed by atoms with Crippen molar-refractivity contribution in [1.82, 2.24) is 4.90 Å². The first-order chi connectivity index (χ1) is 12.0. The molecule has 8 nitrogen and oxygen atoms in total. The van der Waals surface area contributed by atoms with Gasteiger partial charge in [-0.15, -0.1) is 0 Å². The molecule has 0 spiro atoms. The molecule has 6 atom stereocenters. The van der Waals surface area contributed by atoms with Crippen molar-refractivity contribution in [1.29, 1.82) is 0 Å². The van der Waals surface area contributed by atoms with E-state index in [1.165, 1.54) is 0 Å². The van der Waals surface area contributed by atoms with Gasteiger partial charge < -0.3 is 14.6 Å². The minimum Gasteiger partial charge on any atom is -0.466 e. The van der Waals surface area contributed by atoms with Crippen molar-refractivity contribution >= 4 is 23.6 Å². The Morgan fingerprint density at radius 1 is 1.32 bits per heavy atom. The number of ether oxygens (including phenoxy) is 2. The number of nitrogens with zero attached hydrogens (tertiary/aromatic N) is 1. The van der Waals surface area contributed by atoms with Crippen LogP contribution in [0, 0.1) is 17.8 Å². The van der Waals surface area contributed by atoms with Gasteiger partial charge in [0.1, 0.15) is 12.2 Å². The summed E-state index contributed by atoms with van der Waals surface area (Å²) in [5, 5.41) is 10.5. The van der Waals surface area contributed by atoms with E-state index < -0.39 is 47.9 Å². The normalized spacial score (nSPS) is 38.7. The topological polar surface area (TPSA) is 114 Å². The highest BCUT2D eigenvalue weighted by Gasteiger charge is 2.65. The number of esters is 1. The average molecular weight is 349 g/mol. The number of carbonyl (C=O) groups is 4. The highest BCUT2D eigenvalue weighted by atomic mass is 16.6. The molecule has 0 radical (unpaired) electrons. The molecular weight excluding hydrogens is 330 g/mol. The Bertz CT molecular complexity index is 699. The monoisotopic (exact) mass is 349 g/mol. The van der Waals surface area contributed by atoms with Crippen LogP contribution in [0.4, 0.5) is 0 Å². The first-order valence-electron chi connectivity index (χ1n) is 8.54. The molecule has 1 saturated carbocycles. The maximum atomic E-state index is 12.8. The van der Waals surface area contributed by atoms with E-state index in [1.54, 1.807) is 13.0 Å². The zero-order valence-electron chi connectivity index (χ0n) is 13.7. The molecule has 0 bridgehead atoms. The maximum Gasteiger partial charge on any atom is 0.307 e. The van der Waals surface area contributed by atoms with Crippen LogP contribution in [0.2, 0.25) is 0 Å². The number of fused-ring (bicyclic) bond motifs is 4. The van der Waals surface area contributed by atoms with Crippen molar-refractivity contribution in [2.75, 3.05) is 13.2 Å². The van der Waals surface area contributed by atoms with E-state index in [-0.39, 0.29) is 37.7 Å². The number of hydrogen-bond donors (Lipinski definition) is 1. The fraction of sp³-hybridized carbons (Fsp3) is 0.647. The summed E-state index contributed by atoms with van der Waals surface area (Å²) in [4.78, 5) is 50.3. The molecule has 0 unspecified atom stereocenters. The summed E-state index contributed by atoms with van der Waals surface area (Å²) in [6.45, 7) is 1.87. The van der Waals surface area contributed by atoms with Gasteiger partial charge in [0.05, 0.1) is 31.0 Å². The van der Waals surface area contributed by atoms with Gasteiger partial charge in [-0.05, 0) is 13.3 Å². The summed E-state index contributed by atoms with van der Waals surface area (Å²) in [6, 6.07) is 0. The van der Waals surface area contributed by atoms with Gasteiger partial charge in [0.15, 0.2) is 5.78 Å². The second-order valence-corrected chi connectivity index (χ2v) is 6.81. The van der Waals surface area contributed by atoms with Crippen molar-refractivity contribution in [3.8, 4) is 0 Å². The number of hydrogen-bond acceptors (Lipinski definition) is 7. The second-order valence-electron chi connectivity index (χ2n) is 6.81. The maximum absolute atomic E-state index is 12.8. The lowest BCUT2D eigenvalue weighted by molar-refractivity contribution is -0.145. The van der Waals surface area contributed by atoms with E-state index >= 15 is 0 Å². The number of rotatable bonds is 4. The molecule has 4 aliphatic rings. The van der Waals surface area contributed by atoms with E-state index in [0.717, 1.165) is 4.90 Å². The predicted molar refractivity (Wildman–Crippen MR) is 80.8 cm³/mol. The van der Waals surface area contributed by atoms with Gasteiger partial charge in [-0.1, -0.05) is 6.08 Å². The zero-order valence-corrected chi connectivity index (χ0v) is 13.7. The first kappa shape index (κ1) is 16.4. The number of imide groups is 1. The molecule has 2 heterocycles. The number of aliphatic hydroxyl groups is 1. The number of aliphatic hydroxyl groups excluding tert-OH is 1. The lowest BCUT2D eigenvalue weighted by Crippen LogP contribution is -2.47. The third-order valence-corrected chi connectivity index (χ3v) is 5.52. The van der Waals surface area contributed by atoms with Crippen LogP contribution >= 0.6 is 0 Å². The van der Waals surface area contributed by atoms with Gasteiger partial charge >= 0.3 is 5.97 Å². The number of ketones is 1. The molecule has 2 aliphatic heterocycles. The quantitative estimate of drug-likeness (QED) is 0.401. The fourth-order valence-corrected chi connectivity index (χ4v) is 4.33. The first-order valence-corrected chi connectivity index (χ1v) is 8.54. The molecule has 2 saturated heterocycles. The molecule has 1 N–H and O–H groups in total. The Labute approximate surface area is 143 Å². The van der Waals surface area contributed by atoms with Crippen LogP contribution in [0.25, 0.3) is 0 Å². The lowest BCUT2D eigenvalue weighted by Gasteiger charge is -2.35. The van der Waals surface area contributed by atoms with Crippen LogP contribution in [-0.4, -0.2) is 65.0 Å². The Morgan fingerprint density at radius 3 is 2.80 bits per heavy atom. The summed E-state index contributed by atoms with van der Waals surface area (Å²) in [5.74, 6) is -3.52. The van der Waals surface area contributed by atoms with Crippen LogP contribution in [0.1, 0.15) is 19.8 Å². The summed E-state index contributed by atoms with van der Waals surface area (Å²) in [6.07, 6.45) is -0.276. The average Bonchev–Trinajstić information content (AvgIpc) is 3.35. The van der Waals surface area contributed by atoms with Crippen LogP contribution in [0.3, 0.4) is 0 Å². The van der Waals surface area contributed by atoms with Crippen LogP contribution in [-0.2, 0) is 28.7 Å². The summed E-state index contributed by atoms with van der Waals surface area (Å²) >= 11 is 0. The molecule has 0 aromatic rings. The standard InChI is InChI=1S/C17H19NO7/c1-2-24-9(19)5-6-18-16(22)8-4-3-7-10(11(8)17(18)23)13(21)15-14(25-15)12(7)20/h3,8,10-11,13-15,21H,2,4-6H2,1H3/t8-,10-,11+,13+,14-,15+/m1/s1. The highest BCUT2D eigenvalue weighted by Crippen LogP contribution is 2.50. The van der Waals surface area contributed by atoms with Gasteiger partial charge in [-0.2, -0.15) is 0 Å². The van der Waals surface area contributed by atoms with Crippen molar-refractivity contribution in [3.63, 3.8) is 0 Å². The van der Waals surface area contributed by atoms with E-state index in [9.17, 15) is 24.3 Å². The summed E-state index contributed by atoms with van der Waals surface area (Å²) < 4.78 is 10.1. The SMILES string of the molecule is CCOC(=O)CCN1C(=O)[C@@H]2[C@H]3C(=CC[C@H]2C1=O)C(=O)[C@H]1O[C@H]1[C@H]3O. The lowest BCUT2D eigenvalue weighted by atomic mass is 9.66. The van der Waals surface area contributed by atoms with Crippen LogP contribution < -0.4 is 0 Å². The predicted octanol–water partition coefficient (Wildman–Crippen LogP) is -0.802. The molecule has 134 valence electrons. The third-order valence-electron chi connectivity index (χ3n) is 5.52. The number of amides is 2. The minimum absolute atomic E-state index is 0.0435. The Morgan fingerprint density at radius 2 is 2.08 bits per heavy atom. The zero-order chi connectivity index (χ0) is 17.9. The van der Waals surface area contributed by atoms with Crippen molar-refractivity contribution in [3.05, 3.63) is 11.6 Å². The van der Waals surface area contributed by atoms with Gasteiger partial charge in [0.2, 0.25) is 11.8 Å². The van der Waals surface area contributed by atoms with Gasteiger partial charge in [0.25, 0.3) is 0 Å². The number of allylic oxidation sites excluding steroid dienone is 1. The van der Waals surface area contributed by atoms with Gasteiger partial charge in [-0.25, -0.2) is 0 Å². The number of Topliss-reactive ketones (excluding diaryl/α,β-unsaturated/α-hetero) is 1. The van der Waals surface area contributed by atoms with E-state index in [2.05, 4.69) is 0 Å². The largest absolute Gasteiger partial charge is 0.466 e. The fourth-order valence-electron chi connectivity index (χ4n) is 4.33. The molecular formula is C17H19NO7. The Balaban J connectivity index is 1.56. The summed E-state index contributed by atoms with van der Waals surface area (Å²) in [5.41, 5.74) is 0.404. The van der Waals surface area contributed by atoms with Crippen molar-refractivity contribution < 1.29 is 33.8 Å². The minimum atomic E-state index is -0.969. The van der Waals surface area contributed by atoms with Crippen molar-refractivity contribution in [2.45, 2.75) is 38.1 Å². The Kier molecular flexibility index (Phi) is 3.77. The molecule has 2 aliphatic carbocycles. The van der Waals surface area contributed by atoms with E-state index in [0.29, 0.717) is 5.57 Å². The number of epoxide rings is 1. The van der Waals surface area contributed by atoms with E-state index in [4.69, 9.17) is 9.47 Å². The summed E-state index contributed by atoms with van der Waals surface area (Å²) in [7, 11) is 0. The van der Waals surface area contributed by atoms with Gasteiger partial charge in [-0.3, -0.25) is 24.1 Å². The molecule has 0 aromatic carbocycles. The third kappa shape index (κ3) is 2.35. The number of likely N-dealkylation sites (tertiary alicyclic amines) is 1. The second kappa shape index (κ2) is 5.74. The van der Waals surface area contributed by atoms with Crippen LogP contribution in [0.5, 0.6) is 0 Å². The number of carbonyl (C=O) groups excluding carboxylic acids is 4. The molecule has 3 fully saturated rings. The van der Waals surface area contributed by atoms with Gasteiger partial charge in [0, 0.05) is 18.0 Å².